The minimum atomic E-state index is -3.63. The molecule has 4 rings (SSSR count). The summed E-state index contributed by atoms with van der Waals surface area (Å²) in [6.45, 7) is 8.28. The summed E-state index contributed by atoms with van der Waals surface area (Å²) in [7, 11) is -3.63. The van der Waals surface area contributed by atoms with E-state index in [1.54, 1.807) is 16.4 Å². The van der Waals surface area contributed by atoms with Crippen LogP contribution in [0.25, 0.3) is 5.57 Å². The maximum atomic E-state index is 13.6. The van der Waals surface area contributed by atoms with Crippen molar-refractivity contribution in [1.82, 2.24) is 4.31 Å². The third kappa shape index (κ3) is 3.98. The van der Waals surface area contributed by atoms with Crippen LogP contribution in [0.5, 0.6) is 0 Å². The summed E-state index contributed by atoms with van der Waals surface area (Å²) in [6.07, 6.45) is 1.47. The summed E-state index contributed by atoms with van der Waals surface area (Å²) >= 11 is 0. The number of nitrogens with zero attached hydrogens (tertiary/aromatic N) is 1. The Bertz CT molecular complexity index is 1130. The van der Waals surface area contributed by atoms with Crippen LogP contribution >= 0.6 is 0 Å². The van der Waals surface area contributed by atoms with Gasteiger partial charge in [-0.3, -0.25) is 0 Å². The summed E-state index contributed by atoms with van der Waals surface area (Å²) in [5.74, 6) is 0. The molecule has 3 aromatic rings. The molecular formula is C26H27NO2S. The van der Waals surface area contributed by atoms with Gasteiger partial charge in [-0.2, -0.15) is 4.31 Å². The Kier molecular flexibility index (Phi) is 5.63. The van der Waals surface area contributed by atoms with Crippen molar-refractivity contribution in [1.29, 1.82) is 0 Å². The van der Waals surface area contributed by atoms with Crippen molar-refractivity contribution >= 4 is 15.6 Å². The normalized spacial score (nSPS) is 19.3. The van der Waals surface area contributed by atoms with E-state index in [0.717, 1.165) is 28.7 Å². The Labute approximate surface area is 179 Å². The topological polar surface area (TPSA) is 37.4 Å². The van der Waals surface area contributed by atoms with Gasteiger partial charge in [0, 0.05) is 6.04 Å². The molecule has 3 aromatic carbocycles. The van der Waals surface area contributed by atoms with Crippen LogP contribution in [0.4, 0.5) is 0 Å². The molecular weight excluding hydrogens is 390 g/mol. The third-order valence-corrected chi connectivity index (χ3v) is 7.87. The zero-order valence-electron chi connectivity index (χ0n) is 17.5. The molecule has 0 amide bonds. The fourth-order valence-electron chi connectivity index (χ4n) is 4.09. The number of benzene rings is 3. The van der Waals surface area contributed by atoms with Crippen molar-refractivity contribution in [2.45, 2.75) is 43.7 Å². The van der Waals surface area contributed by atoms with E-state index >= 15 is 0 Å². The standard InChI is InChI=1S/C26H27NO2S/c1-19-9-13-23(14-10-19)21(3)26-18-24(17-22-7-5-4-6-8-22)27(26)30(28,29)25-15-11-20(2)12-16-25/h4-16,24,26H,3,17-18H2,1-2H3/t24-,26-/m0/s1. The van der Waals surface area contributed by atoms with Gasteiger partial charge in [0.2, 0.25) is 10.0 Å². The molecule has 1 fully saturated rings. The molecule has 154 valence electrons. The molecule has 4 heteroatoms. The van der Waals surface area contributed by atoms with E-state index in [9.17, 15) is 8.42 Å². The SMILES string of the molecule is C=C(c1ccc(C)cc1)[C@@H]1C[C@H](Cc2ccccc2)N1S(=O)(=O)c1ccc(C)cc1. The maximum Gasteiger partial charge on any atom is 0.243 e. The van der Waals surface area contributed by atoms with Crippen molar-refractivity contribution in [2.24, 2.45) is 0 Å². The first kappa shape index (κ1) is 20.6. The van der Waals surface area contributed by atoms with E-state index in [1.807, 2.05) is 68.4 Å². The van der Waals surface area contributed by atoms with Gasteiger partial charge in [0.1, 0.15) is 0 Å². The number of rotatable bonds is 6. The van der Waals surface area contributed by atoms with Gasteiger partial charge < -0.3 is 0 Å². The summed E-state index contributed by atoms with van der Waals surface area (Å²) in [4.78, 5) is 0.340. The molecule has 1 aliphatic rings. The first-order chi connectivity index (χ1) is 14.4. The molecule has 0 aromatic heterocycles. The van der Waals surface area contributed by atoms with Gasteiger partial charge in [0.05, 0.1) is 10.9 Å². The molecule has 30 heavy (non-hydrogen) atoms. The Morgan fingerprint density at radius 1 is 0.900 bits per heavy atom. The lowest BCUT2D eigenvalue weighted by atomic mass is 9.84. The summed E-state index contributed by atoms with van der Waals surface area (Å²) < 4.78 is 28.9. The van der Waals surface area contributed by atoms with Gasteiger partial charge in [0.15, 0.2) is 0 Å². The van der Waals surface area contributed by atoms with Crippen molar-refractivity contribution < 1.29 is 8.42 Å². The monoisotopic (exact) mass is 417 g/mol. The maximum absolute atomic E-state index is 13.6. The van der Waals surface area contributed by atoms with Crippen molar-refractivity contribution in [3.63, 3.8) is 0 Å². The molecule has 3 nitrogen and oxygen atoms in total. The van der Waals surface area contributed by atoms with E-state index in [1.165, 1.54) is 5.56 Å². The number of hydrogen-bond donors (Lipinski definition) is 0. The number of hydrogen-bond acceptors (Lipinski definition) is 2. The molecule has 1 heterocycles. The van der Waals surface area contributed by atoms with Crippen LogP contribution in [-0.2, 0) is 16.4 Å². The van der Waals surface area contributed by atoms with Crippen molar-refractivity contribution in [2.75, 3.05) is 0 Å². The summed E-state index contributed by atoms with van der Waals surface area (Å²) in [6, 6.07) is 25.0. The highest BCUT2D eigenvalue weighted by Gasteiger charge is 2.47. The largest absolute Gasteiger partial charge is 0.243 e. The van der Waals surface area contributed by atoms with Crippen LogP contribution in [0.1, 0.15) is 28.7 Å². The van der Waals surface area contributed by atoms with Crippen LogP contribution in [0, 0.1) is 13.8 Å². The van der Waals surface area contributed by atoms with Gasteiger partial charge in [-0.05, 0) is 55.5 Å². The second-order valence-electron chi connectivity index (χ2n) is 8.13. The molecule has 0 N–H and O–H groups in total. The van der Waals surface area contributed by atoms with E-state index in [2.05, 4.69) is 18.7 Å². The molecule has 0 radical (unpaired) electrons. The molecule has 1 saturated heterocycles. The lowest BCUT2D eigenvalue weighted by Gasteiger charge is -2.48. The van der Waals surface area contributed by atoms with Crippen molar-refractivity contribution in [3.8, 4) is 0 Å². The molecule has 0 saturated carbocycles. The van der Waals surface area contributed by atoms with Gasteiger partial charge in [-0.1, -0.05) is 84.4 Å². The second-order valence-corrected chi connectivity index (χ2v) is 9.98. The quantitative estimate of drug-likeness (QED) is 0.539. The molecule has 0 unspecified atom stereocenters. The lowest BCUT2D eigenvalue weighted by molar-refractivity contribution is 0.151. The van der Waals surface area contributed by atoms with Gasteiger partial charge in [0.25, 0.3) is 0 Å². The summed E-state index contributed by atoms with van der Waals surface area (Å²) in [5.41, 5.74) is 5.21. The van der Waals surface area contributed by atoms with Gasteiger partial charge in [-0.15, -0.1) is 0 Å². The van der Waals surface area contributed by atoms with Crippen molar-refractivity contribution in [3.05, 3.63) is 108 Å². The highest BCUT2D eigenvalue weighted by molar-refractivity contribution is 7.89. The van der Waals surface area contributed by atoms with E-state index in [-0.39, 0.29) is 12.1 Å². The highest BCUT2D eigenvalue weighted by atomic mass is 32.2. The Hall–Kier alpha value is -2.69. The average Bonchev–Trinajstić information content (AvgIpc) is 2.71. The van der Waals surface area contributed by atoms with Crippen LogP contribution in [0.3, 0.4) is 0 Å². The minimum absolute atomic E-state index is 0.0779. The number of sulfonamides is 1. The molecule has 0 bridgehead atoms. The molecule has 0 spiro atoms. The molecule has 0 aliphatic carbocycles. The number of aryl methyl sites for hydroxylation is 2. The Balaban J connectivity index is 1.67. The van der Waals surface area contributed by atoms with Crippen LogP contribution in [-0.4, -0.2) is 24.8 Å². The van der Waals surface area contributed by atoms with E-state index in [0.29, 0.717) is 11.3 Å². The van der Waals surface area contributed by atoms with Gasteiger partial charge >= 0.3 is 0 Å². The second kappa shape index (κ2) is 8.21. The fourth-order valence-corrected chi connectivity index (χ4v) is 5.92. The zero-order chi connectivity index (χ0) is 21.3. The first-order valence-electron chi connectivity index (χ1n) is 10.3. The smallest absolute Gasteiger partial charge is 0.207 e. The third-order valence-electron chi connectivity index (χ3n) is 5.90. The molecule has 2 atom stereocenters. The molecule has 1 aliphatic heterocycles. The predicted molar refractivity (Wildman–Crippen MR) is 123 cm³/mol. The average molecular weight is 418 g/mol. The van der Waals surface area contributed by atoms with Crippen LogP contribution in [0.2, 0.25) is 0 Å². The van der Waals surface area contributed by atoms with E-state index < -0.39 is 10.0 Å². The predicted octanol–water partition coefficient (Wildman–Crippen LogP) is 5.39. The van der Waals surface area contributed by atoms with Crippen LogP contribution in [0.15, 0.2) is 90.3 Å². The summed E-state index contributed by atoms with van der Waals surface area (Å²) in [5, 5.41) is 0. The fraction of sp³-hybridized carbons (Fsp3) is 0.231. The Morgan fingerprint density at radius 2 is 1.47 bits per heavy atom. The van der Waals surface area contributed by atoms with Gasteiger partial charge in [-0.25, -0.2) is 8.42 Å². The van der Waals surface area contributed by atoms with E-state index in [4.69, 9.17) is 0 Å². The zero-order valence-corrected chi connectivity index (χ0v) is 18.3. The minimum Gasteiger partial charge on any atom is -0.207 e. The first-order valence-corrected chi connectivity index (χ1v) is 11.7. The Morgan fingerprint density at radius 3 is 2.07 bits per heavy atom. The van der Waals surface area contributed by atoms with Crippen LogP contribution < -0.4 is 0 Å². The highest BCUT2D eigenvalue weighted by Crippen LogP contribution is 2.41. The lowest BCUT2D eigenvalue weighted by Crippen LogP contribution is -2.59.